The van der Waals surface area contributed by atoms with Crippen LogP contribution in [-0.4, -0.2) is 18.2 Å². The maximum atomic E-state index is 13.0. The zero-order valence-corrected chi connectivity index (χ0v) is 17.2. The van der Waals surface area contributed by atoms with Gasteiger partial charge < -0.3 is 14.0 Å². The van der Waals surface area contributed by atoms with Gasteiger partial charge in [0.25, 0.3) is 5.56 Å². The van der Waals surface area contributed by atoms with E-state index in [0.29, 0.717) is 5.69 Å². The highest BCUT2D eigenvalue weighted by Gasteiger charge is 2.30. The van der Waals surface area contributed by atoms with E-state index in [2.05, 4.69) is 29.2 Å². The fourth-order valence-corrected chi connectivity index (χ4v) is 5.23. The maximum absolute atomic E-state index is 13.0. The smallest absolute Gasteiger partial charge is 0.321 e. The predicted molar refractivity (Wildman–Crippen MR) is 118 cm³/mol. The number of pyridine rings is 1. The largest absolute Gasteiger partial charge is 0.366 e. The Balaban J connectivity index is 1.92. The summed E-state index contributed by atoms with van der Waals surface area (Å²) in [6, 6.07) is 21.6. The molecule has 0 saturated carbocycles. The standard InChI is InChI=1S/C23H22NO4P/c1-3-27-29(26,28-4-2)22-14-13-21(24-23(22)25)20-15-16-9-5-6-10-17(16)18-11-7-8-12-19(18)20/h5-15H,3-4H2,1-2H3,(H,24,25). The summed E-state index contributed by atoms with van der Waals surface area (Å²) in [7, 11) is -3.65. The van der Waals surface area contributed by atoms with Crippen LogP contribution in [0.1, 0.15) is 13.8 Å². The molecule has 0 amide bonds. The van der Waals surface area contributed by atoms with E-state index in [9.17, 15) is 9.36 Å². The van der Waals surface area contributed by atoms with E-state index in [1.54, 1.807) is 26.0 Å². The molecule has 4 aromatic rings. The van der Waals surface area contributed by atoms with Crippen molar-refractivity contribution in [3.05, 3.63) is 77.1 Å². The Bertz CT molecular complexity index is 1290. The predicted octanol–water partition coefficient (Wildman–Crippen LogP) is 5.24. The Hall–Kier alpha value is -2.72. The molecule has 5 nitrogen and oxygen atoms in total. The topological polar surface area (TPSA) is 68.4 Å². The molecule has 1 aromatic heterocycles. The average molecular weight is 407 g/mol. The average Bonchev–Trinajstić information content (AvgIpc) is 2.73. The van der Waals surface area contributed by atoms with Crippen LogP contribution in [0.4, 0.5) is 0 Å². The molecule has 4 rings (SSSR count). The van der Waals surface area contributed by atoms with Crippen LogP contribution in [0.5, 0.6) is 0 Å². The van der Waals surface area contributed by atoms with Gasteiger partial charge in [0.1, 0.15) is 5.30 Å². The quantitative estimate of drug-likeness (QED) is 0.351. The van der Waals surface area contributed by atoms with Gasteiger partial charge in [-0.15, -0.1) is 0 Å². The summed E-state index contributed by atoms with van der Waals surface area (Å²) in [4.78, 5) is 15.7. The Morgan fingerprint density at radius 1 is 0.828 bits per heavy atom. The molecule has 0 bridgehead atoms. The highest BCUT2D eigenvalue weighted by atomic mass is 31.2. The van der Waals surface area contributed by atoms with Crippen LogP contribution in [0.15, 0.2) is 71.5 Å². The molecule has 0 atom stereocenters. The van der Waals surface area contributed by atoms with E-state index in [1.165, 1.54) is 0 Å². The first kappa shape index (κ1) is 19.6. The van der Waals surface area contributed by atoms with Crippen molar-refractivity contribution in [1.82, 2.24) is 4.98 Å². The summed E-state index contributed by atoms with van der Waals surface area (Å²) in [6.45, 7) is 3.81. The summed E-state index contributed by atoms with van der Waals surface area (Å²) >= 11 is 0. The van der Waals surface area contributed by atoms with Crippen LogP contribution >= 0.6 is 7.60 Å². The van der Waals surface area contributed by atoms with Gasteiger partial charge in [0.05, 0.1) is 13.2 Å². The SMILES string of the molecule is CCOP(=O)(OCC)c1ccc(-c2cc3ccccc3c3ccccc23)[nH]c1=O. The van der Waals surface area contributed by atoms with Crippen molar-refractivity contribution in [2.75, 3.05) is 13.2 Å². The number of aromatic amines is 1. The molecule has 0 aliphatic carbocycles. The summed E-state index contributed by atoms with van der Waals surface area (Å²) < 4.78 is 23.7. The van der Waals surface area contributed by atoms with E-state index in [1.807, 2.05) is 30.3 Å². The van der Waals surface area contributed by atoms with E-state index in [-0.39, 0.29) is 18.5 Å². The van der Waals surface area contributed by atoms with Crippen LogP contribution in [0.2, 0.25) is 0 Å². The first-order chi connectivity index (χ1) is 14.1. The van der Waals surface area contributed by atoms with Crippen molar-refractivity contribution in [3.63, 3.8) is 0 Å². The number of hydrogen-bond acceptors (Lipinski definition) is 4. The fraction of sp³-hybridized carbons (Fsp3) is 0.174. The van der Waals surface area contributed by atoms with Gasteiger partial charge in [0, 0.05) is 11.3 Å². The molecule has 0 unspecified atom stereocenters. The molecule has 0 fully saturated rings. The molecular weight excluding hydrogens is 385 g/mol. The zero-order valence-electron chi connectivity index (χ0n) is 16.3. The third kappa shape index (κ3) is 3.53. The molecule has 6 heteroatoms. The van der Waals surface area contributed by atoms with Crippen molar-refractivity contribution in [2.24, 2.45) is 0 Å². The van der Waals surface area contributed by atoms with E-state index in [4.69, 9.17) is 9.05 Å². The van der Waals surface area contributed by atoms with Crippen molar-refractivity contribution in [3.8, 4) is 11.3 Å². The van der Waals surface area contributed by atoms with Gasteiger partial charge in [-0.25, -0.2) is 0 Å². The van der Waals surface area contributed by atoms with Gasteiger partial charge in [0.2, 0.25) is 0 Å². The summed E-state index contributed by atoms with van der Waals surface area (Å²) in [5.41, 5.74) is 1.09. The molecule has 0 spiro atoms. The minimum absolute atomic E-state index is 0.0232. The number of nitrogens with one attached hydrogen (secondary N) is 1. The minimum Gasteiger partial charge on any atom is -0.321 e. The Kier molecular flexibility index (Phi) is 5.37. The first-order valence-corrected chi connectivity index (χ1v) is 11.2. The Labute approximate surface area is 168 Å². The fourth-order valence-electron chi connectivity index (χ4n) is 3.63. The van der Waals surface area contributed by atoms with Crippen LogP contribution in [0, 0.1) is 0 Å². The first-order valence-electron chi connectivity index (χ1n) is 9.61. The van der Waals surface area contributed by atoms with Gasteiger partial charge >= 0.3 is 7.60 Å². The molecule has 148 valence electrons. The van der Waals surface area contributed by atoms with Gasteiger partial charge in [-0.2, -0.15) is 0 Å². The van der Waals surface area contributed by atoms with Crippen molar-refractivity contribution < 1.29 is 13.6 Å². The maximum Gasteiger partial charge on any atom is 0.366 e. The Morgan fingerprint density at radius 3 is 2.10 bits per heavy atom. The van der Waals surface area contributed by atoms with Gasteiger partial charge in [-0.1, -0.05) is 48.5 Å². The zero-order chi connectivity index (χ0) is 20.4. The monoisotopic (exact) mass is 407 g/mol. The second kappa shape index (κ2) is 7.96. The van der Waals surface area contributed by atoms with Crippen molar-refractivity contribution >= 4 is 34.4 Å². The lowest BCUT2D eigenvalue weighted by molar-refractivity contribution is 0.229. The van der Waals surface area contributed by atoms with Crippen LogP contribution < -0.4 is 10.9 Å². The van der Waals surface area contributed by atoms with E-state index < -0.39 is 13.2 Å². The molecule has 0 saturated heterocycles. The van der Waals surface area contributed by atoms with Crippen LogP contribution in [0.25, 0.3) is 32.8 Å². The molecule has 1 heterocycles. The lowest BCUT2D eigenvalue weighted by atomic mass is 9.95. The lowest BCUT2D eigenvalue weighted by Gasteiger charge is -2.17. The summed E-state index contributed by atoms with van der Waals surface area (Å²) in [5.74, 6) is 0. The van der Waals surface area contributed by atoms with Crippen molar-refractivity contribution in [2.45, 2.75) is 13.8 Å². The molecule has 0 radical (unpaired) electrons. The third-order valence-electron chi connectivity index (χ3n) is 4.84. The highest BCUT2D eigenvalue weighted by Crippen LogP contribution is 2.45. The van der Waals surface area contributed by atoms with Gasteiger partial charge in [-0.3, -0.25) is 9.36 Å². The van der Waals surface area contributed by atoms with E-state index >= 15 is 0 Å². The number of benzene rings is 3. The van der Waals surface area contributed by atoms with E-state index in [0.717, 1.165) is 27.1 Å². The number of rotatable bonds is 6. The minimum atomic E-state index is -3.65. The summed E-state index contributed by atoms with van der Waals surface area (Å²) in [5, 5.41) is 4.41. The molecular formula is C23H22NO4P. The second-order valence-corrected chi connectivity index (χ2v) is 8.60. The molecule has 1 N–H and O–H groups in total. The highest BCUT2D eigenvalue weighted by molar-refractivity contribution is 7.62. The number of fused-ring (bicyclic) bond motifs is 3. The van der Waals surface area contributed by atoms with Gasteiger partial charge in [-0.05, 0) is 53.6 Å². The number of H-pyrrole nitrogens is 1. The number of aromatic nitrogens is 1. The number of hydrogen-bond donors (Lipinski definition) is 1. The summed E-state index contributed by atoms with van der Waals surface area (Å²) in [6.07, 6.45) is 0. The van der Waals surface area contributed by atoms with Crippen LogP contribution in [0.3, 0.4) is 0 Å². The Morgan fingerprint density at radius 2 is 1.45 bits per heavy atom. The van der Waals surface area contributed by atoms with Crippen molar-refractivity contribution in [1.29, 1.82) is 0 Å². The molecule has 29 heavy (non-hydrogen) atoms. The van der Waals surface area contributed by atoms with Crippen LogP contribution in [-0.2, 0) is 13.6 Å². The third-order valence-corrected chi connectivity index (χ3v) is 6.98. The lowest BCUT2D eigenvalue weighted by Crippen LogP contribution is -2.29. The molecule has 0 aliphatic rings. The molecule has 0 aliphatic heterocycles. The van der Waals surface area contributed by atoms with Gasteiger partial charge in [0.15, 0.2) is 0 Å². The second-order valence-electron chi connectivity index (χ2n) is 6.61. The normalized spacial score (nSPS) is 11.9. The molecule has 3 aromatic carbocycles.